The van der Waals surface area contributed by atoms with Gasteiger partial charge >= 0.3 is 12.1 Å². The number of nitrogens with one attached hydrogen (secondary N) is 4. The number of anilines is 1. The van der Waals surface area contributed by atoms with Gasteiger partial charge in [-0.1, -0.05) is 24.3 Å². The van der Waals surface area contributed by atoms with E-state index in [1.807, 2.05) is 0 Å². The summed E-state index contributed by atoms with van der Waals surface area (Å²) in [5.74, 6) is -1.12. The first kappa shape index (κ1) is 25.9. The number of halogens is 1. The molecule has 0 aliphatic heterocycles. The fourth-order valence-electron chi connectivity index (χ4n) is 2.98. The van der Waals surface area contributed by atoms with Gasteiger partial charge in [-0.2, -0.15) is 0 Å². The Morgan fingerprint density at radius 2 is 1.97 bits per heavy atom. The second-order valence-electron chi connectivity index (χ2n) is 7.08. The van der Waals surface area contributed by atoms with Crippen molar-refractivity contribution in [1.29, 1.82) is 0 Å². The Morgan fingerprint density at radius 3 is 2.64 bits per heavy atom. The number of amides is 5. The summed E-state index contributed by atoms with van der Waals surface area (Å²) in [7, 11) is 0. The number of aliphatic hydroxyl groups excluding tert-OH is 1. The van der Waals surface area contributed by atoms with Crippen molar-refractivity contribution in [3.63, 3.8) is 0 Å². The molecular formula is C21H26BrN5O6. The van der Waals surface area contributed by atoms with Gasteiger partial charge in [0.05, 0.1) is 11.7 Å². The van der Waals surface area contributed by atoms with E-state index >= 15 is 0 Å². The van der Waals surface area contributed by atoms with E-state index in [0.29, 0.717) is 10.2 Å². The molecule has 12 heteroatoms. The van der Waals surface area contributed by atoms with Crippen LogP contribution in [0.3, 0.4) is 0 Å². The molecule has 0 saturated carbocycles. The van der Waals surface area contributed by atoms with Crippen LogP contribution in [0.25, 0.3) is 0 Å². The minimum absolute atomic E-state index is 0.0139. The zero-order valence-electron chi connectivity index (χ0n) is 17.7. The lowest BCUT2D eigenvalue weighted by atomic mass is 9.90. The predicted molar refractivity (Wildman–Crippen MR) is 124 cm³/mol. The van der Waals surface area contributed by atoms with Crippen molar-refractivity contribution in [2.45, 2.75) is 31.1 Å². The normalized spacial score (nSPS) is 19.5. The largest absolute Gasteiger partial charge is 0.443 e. The highest BCUT2D eigenvalue weighted by Crippen LogP contribution is 2.24. The number of alkyl carbamates (subject to hydrolysis) is 1. The highest BCUT2D eigenvalue weighted by Gasteiger charge is 2.37. The Kier molecular flexibility index (Phi) is 9.88. The van der Waals surface area contributed by atoms with Crippen LogP contribution >= 0.6 is 15.9 Å². The fourth-order valence-corrected chi connectivity index (χ4v) is 3.36. The van der Waals surface area contributed by atoms with E-state index in [4.69, 9.17) is 10.5 Å². The van der Waals surface area contributed by atoms with Crippen molar-refractivity contribution in [2.75, 3.05) is 18.4 Å². The van der Waals surface area contributed by atoms with E-state index in [-0.39, 0.29) is 31.5 Å². The molecule has 1 aromatic rings. The monoisotopic (exact) mass is 523 g/mol. The van der Waals surface area contributed by atoms with Gasteiger partial charge in [0.25, 0.3) is 0 Å². The number of urea groups is 1. The summed E-state index contributed by atoms with van der Waals surface area (Å²) in [6, 6.07) is 5.23. The standard InChI is InChI=1S/C21H26BrN5O6/c1-2-8-25-21(32)33-16-11-12(19(30)24-9-7-17(23)28)10-15(18(16)29)27-20(31)26-14-6-4-3-5-13(14)22/h2-6,10,15-16,18,29H,1,7-9,11H2,(H2,23,28)(H,24,30)(H,25,32)(H2,26,27,31). The van der Waals surface area contributed by atoms with Crippen molar-refractivity contribution < 1.29 is 29.0 Å². The molecule has 1 aliphatic carbocycles. The average molecular weight is 524 g/mol. The fraction of sp³-hybridized carbons (Fsp3) is 0.333. The average Bonchev–Trinajstić information content (AvgIpc) is 2.76. The molecule has 0 bridgehead atoms. The Balaban J connectivity index is 2.15. The summed E-state index contributed by atoms with van der Waals surface area (Å²) < 4.78 is 5.90. The molecule has 3 atom stereocenters. The second-order valence-corrected chi connectivity index (χ2v) is 7.93. The topological polar surface area (TPSA) is 172 Å². The van der Waals surface area contributed by atoms with Crippen LogP contribution in [0.2, 0.25) is 0 Å². The SMILES string of the molecule is C=CCNC(=O)OC1CC(C(=O)NCCC(N)=O)=CC(NC(=O)Nc2ccccc2Br)C1O. The first-order valence-corrected chi connectivity index (χ1v) is 10.8. The van der Waals surface area contributed by atoms with Crippen LogP contribution in [0.4, 0.5) is 15.3 Å². The highest BCUT2D eigenvalue weighted by atomic mass is 79.9. The third-order valence-electron chi connectivity index (χ3n) is 4.57. The summed E-state index contributed by atoms with van der Waals surface area (Å²) in [5.41, 5.74) is 5.73. The van der Waals surface area contributed by atoms with Gasteiger partial charge in [-0.15, -0.1) is 6.58 Å². The molecule has 0 fully saturated rings. The first-order chi connectivity index (χ1) is 15.7. The lowest BCUT2D eigenvalue weighted by molar-refractivity contribution is -0.119. The van der Waals surface area contributed by atoms with Gasteiger partial charge in [0.15, 0.2) is 0 Å². The number of ether oxygens (including phenoxy) is 1. The Bertz CT molecular complexity index is 937. The number of nitrogens with two attached hydrogens (primary N) is 1. The lowest BCUT2D eigenvalue weighted by Gasteiger charge is -2.33. The summed E-state index contributed by atoms with van der Waals surface area (Å²) in [4.78, 5) is 47.9. The van der Waals surface area contributed by atoms with E-state index in [1.54, 1.807) is 24.3 Å². The van der Waals surface area contributed by atoms with Crippen molar-refractivity contribution in [3.05, 3.63) is 53.0 Å². The van der Waals surface area contributed by atoms with Crippen molar-refractivity contribution >= 4 is 45.6 Å². The molecule has 0 aromatic heterocycles. The number of hydrogen-bond donors (Lipinski definition) is 6. The number of rotatable bonds is 9. The smallest absolute Gasteiger partial charge is 0.407 e. The van der Waals surface area contributed by atoms with Gasteiger partial charge in [0.1, 0.15) is 12.2 Å². The van der Waals surface area contributed by atoms with Gasteiger partial charge in [0.2, 0.25) is 11.8 Å². The van der Waals surface area contributed by atoms with Gasteiger partial charge in [-0.25, -0.2) is 9.59 Å². The third-order valence-corrected chi connectivity index (χ3v) is 5.26. The molecule has 0 heterocycles. The van der Waals surface area contributed by atoms with E-state index in [1.165, 1.54) is 12.2 Å². The van der Waals surface area contributed by atoms with Crippen molar-refractivity contribution in [2.24, 2.45) is 5.73 Å². The van der Waals surface area contributed by atoms with E-state index in [2.05, 4.69) is 43.8 Å². The predicted octanol–water partition coefficient (Wildman–Crippen LogP) is 0.903. The summed E-state index contributed by atoms with van der Waals surface area (Å²) in [6.45, 7) is 3.64. The van der Waals surface area contributed by atoms with Crippen LogP contribution < -0.4 is 27.0 Å². The maximum atomic E-state index is 12.5. The van der Waals surface area contributed by atoms with Gasteiger partial charge in [-0.3, -0.25) is 9.59 Å². The summed E-state index contributed by atoms with van der Waals surface area (Å²) in [6.07, 6.45) is -0.586. The molecule has 33 heavy (non-hydrogen) atoms. The summed E-state index contributed by atoms with van der Waals surface area (Å²) >= 11 is 3.32. The molecule has 1 aromatic carbocycles. The second kappa shape index (κ2) is 12.6. The number of carbonyl (C=O) groups excluding carboxylic acids is 4. The maximum Gasteiger partial charge on any atom is 0.407 e. The zero-order valence-corrected chi connectivity index (χ0v) is 19.3. The Morgan fingerprint density at radius 1 is 1.24 bits per heavy atom. The van der Waals surface area contributed by atoms with E-state index in [9.17, 15) is 24.3 Å². The van der Waals surface area contributed by atoms with Gasteiger partial charge in [0, 0.05) is 36.0 Å². The van der Waals surface area contributed by atoms with Crippen molar-refractivity contribution in [3.8, 4) is 0 Å². The molecule has 0 spiro atoms. The molecule has 11 nitrogen and oxygen atoms in total. The Hall–Kier alpha value is -3.38. The van der Waals surface area contributed by atoms with Gasteiger partial charge < -0.3 is 36.8 Å². The molecule has 0 saturated heterocycles. The van der Waals surface area contributed by atoms with E-state index < -0.39 is 42.2 Å². The molecule has 5 amide bonds. The molecule has 1 aliphatic rings. The number of para-hydroxylation sites is 1. The van der Waals surface area contributed by atoms with Crippen LogP contribution in [0, 0.1) is 0 Å². The Labute approximate surface area is 198 Å². The molecule has 7 N–H and O–H groups in total. The summed E-state index contributed by atoms with van der Waals surface area (Å²) in [5, 5.41) is 20.9. The number of carbonyl (C=O) groups is 4. The first-order valence-electron chi connectivity index (χ1n) is 10.0. The number of primary amides is 1. The number of hydrogen-bond acceptors (Lipinski definition) is 6. The third kappa shape index (κ3) is 8.24. The van der Waals surface area contributed by atoms with E-state index in [0.717, 1.165) is 0 Å². The molecule has 3 unspecified atom stereocenters. The number of benzene rings is 1. The zero-order chi connectivity index (χ0) is 24.4. The van der Waals surface area contributed by atoms with Gasteiger partial charge in [-0.05, 0) is 28.1 Å². The number of aliphatic hydroxyl groups is 1. The lowest BCUT2D eigenvalue weighted by Crippen LogP contribution is -2.53. The minimum Gasteiger partial charge on any atom is -0.443 e. The molecular weight excluding hydrogens is 498 g/mol. The molecule has 0 radical (unpaired) electrons. The van der Waals surface area contributed by atoms with Crippen LogP contribution in [-0.2, 0) is 14.3 Å². The van der Waals surface area contributed by atoms with Crippen LogP contribution in [-0.4, -0.2) is 60.4 Å². The highest BCUT2D eigenvalue weighted by molar-refractivity contribution is 9.10. The molecule has 178 valence electrons. The maximum absolute atomic E-state index is 12.5. The minimum atomic E-state index is -1.33. The quantitative estimate of drug-likeness (QED) is 0.262. The molecule has 2 rings (SSSR count). The van der Waals surface area contributed by atoms with Crippen molar-refractivity contribution in [1.82, 2.24) is 16.0 Å². The van der Waals surface area contributed by atoms with Crippen LogP contribution in [0.1, 0.15) is 12.8 Å². The van der Waals surface area contributed by atoms with Crippen LogP contribution in [0.15, 0.2) is 53.0 Å². The van der Waals surface area contributed by atoms with Crippen LogP contribution in [0.5, 0.6) is 0 Å².